The van der Waals surface area contributed by atoms with Gasteiger partial charge in [0.15, 0.2) is 17.5 Å². The molecule has 0 radical (unpaired) electrons. The number of hydrogen-bond acceptors (Lipinski definition) is 5. The van der Waals surface area contributed by atoms with Crippen LogP contribution in [0.15, 0.2) is 17.1 Å². The third kappa shape index (κ3) is 4.56. The lowest BCUT2D eigenvalue weighted by Gasteiger charge is -2.32. The molecule has 162 valence electrons. The Hall–Kier alpha value is -2.28. The Morgan fingerprint density at radius 2 is 1.90 bits per heavy atom. The normalized spacial score (nSPS) is 16.1. The van der Waals surface area contributed by atoms with Gasteiger partial charge in [0.2, 0.25) is 0 Å². The number of benzene rings is 1. The molecule has 0 spiro atoms. The van der Waals surface area contributed by atoms with Crippen LogP contribution in [-0.2, 0) is 32.2 Å². The Bertz CT molecular complexity index is 885. The molecule has 0 atom stereocenters. The predicted molar refractivity (Wildman–Crippen MR) is 122 cm³/mol. The minimum atomic E-state index is 0.784. The first-order valence-electron chi connectivity index (χ1n) is 10.9. The van der Waals surface area contributed by atoms with E-state index in [4.69, 9.17) is 14.5 Å². The molecule has 4 rings (SSSR count). The summed E-state index contributed by atoms with van der Waals surface area (Å²) in [5.74, 6) is 2.55. The van der Waals surface area contributed by atoms with Crippen molar-refractivity contribution in [3.8, 4) is 11.5 Å². The summed E-state index contributed by atoms with van der Waals surface area (Å²) in [5, 5.41) is 4.85. The average Bonchev–Trinajstić information content (AvgIpc) is 3.20. The minimum Gasteiger partial charge on any atom is -0.493 e. The van der Waals surface area contributed by atoms with Crippen LogP contribution in [0, 0.1) is 0 Å². The Morgan fingerprint density at radius 3 is 2.63 bits per heavy atom. The van der Waals surface area contributed by atoms with Crippen molar-refractivity contribution in [2.24, 2.45) is 4.99 Å². The van der Waals surface area contributed by atoms with E-state index in [2.05, 4.69) is 27.3 Å². The van der Waals surface area contributed by atoms with Crippen LogP contribution < -0.4 is 14.8 Å². The molecule has 1 aliphatic heterocycles. The maximum atomic E-state index is 5.48. The van der Waals surface area contributed by atoms with E-state index < -0.39 is 0 Å². The minimum absolute atomic E-state index is 0.784. The highest BCUT2D eigenvalue weighted by Gasteiger charge is 2.21. The van der Waals surface area contributed by atoms with Crippen molar-refractivity contribution in [3.05, 3.63) is 38.8 Å². The van der Waals surface area contributed by atoms with Crippen LogP contribution in [-0.4, -0.2) is 50.2 Å². The molecule has 1 N–H and O–H groups in total. The first kappa shape index (κ1) is 21.0. The van der Waals surface area contributed by atoms with Crippen molar-refractivity contribution in [1.82, 2.24) is 15.2 Å². The van der Waals surface area contributed by atoms with Gasteiger partial charge in [-0.2, -0.15) is 0 Å². The molecule has 0 saturated heterocycles. The lowest BCUT2D eigenvalue weighted by atomic mass is 9.99. The molecule has 7 heteroatoms. The number of nitrogens with zero attached hydrogens (tertiary/aromatic N) is 3. The maximum absolute atomic E-state index is 5.48. The fourth-order valence-corrected chi connectivity index (χ4v) is 5.55. The summed E-state index contributed by atoms with van der Waals surface area (Å²) in [7, 11) is 5.23. The molecule has 2 aromatic rings. The van der Waals surface area contributed by atoms with Gasteiger partial charge in [-0.15, -0.1) is 11.3 Å². The van der Waals surface area contributed by atoms with Crippen molar-refractivity contribution in [1.29, 1.82) is 0 Å². The molecule has 1 aromatic heterocycles. The second kappa shape index (κ2) is 9.69. The highest BCUT2D eigenvalue weighted by atomic mass is 32.1. The first-order valence-corrected chi connectivity index (χ1v) is 11.7. The van der Waals surface area contributed by atoms with E-state index in [-0.39, 0.29) is 0 Å². The Balaban J connectivity index is 1.31. The molecule has 1 aliphatic carbocycles. The van der Waals surface area contributed by atoms with E-state index in [0.717, 1.165) is 56.4 Å². The van der Waals surface area contributed by atoms with Gasteiger partial charge in [0, 0.05) is 38.0 Å². The monoisotopic (exact) mass is 428 g/mol. The van der Waals surface area contributed by atoms with Crippen LogP contribution in [0.3, 0.4) is 0 Å². The molecule has 2 aliphatic rings. The number of thiazole rings is 1. The number of aromatic nitrogens is 1. The fraction of sp³-hybridized carbons (Fsp3) is 0.565. The topological polar surface area (TPSA) is 59.0 Å². The second-order valence-electron chi connectivity index (χ2n) is 7.91. The Labute approximate surface area is 183 Å². The Kier molecular flexibility index (Phi) is 6.77. The number of hydrogen-bond donors (Lipinski definition) is 1. The first-order chi connectivity index (χ1) is 14.7. The number of guanidine groups is 1. The summed E-state index contributed by atoms with van der Waals surface area (Å²) >= 11 is 1.93. The number of rotatable bonds is 6. The fourth-order valence-electron chi connectivity index (χ4n) is 4.35. The summed E-state index contributed by atoms with van der Waals surface area (Å²) in [6.07, 6.45) is 8.11. The zero-order valence-electron chi connectivity index (χ0n) is 18.3. The quantitative estimate of drug-likeness (QED) is 0.433. The van der Waals surface area contributed by atoms with E-state index in [9.17, 15) is 0 Å². The summed E-state index contributed by atoms with van der Waals surface area (Å²) in [4.78, 5) is 13.2. The van der Waals surface area contributed by atoms with E-state index in [1.54, 1.807) is 14.2 Å². The average molecular weight is 429 g/mol. The molecule has 0 bridgehead atoms. The van der Waals surface area contributed by atoms with Gasteiger partial charge >= 0.3 is 0 Å². The van der Waals surface area contributed by atoms with E-state index in [1.807, 2.05) is 18.4 Å². The second-order valence-corrected chi connectivity index (χ2v) is 9.08. The van der Waals surface area contributed by atoms with E-state index in [0.29, 0.717) is 0 Å². The van der Waals surface area contributed by atoms with Crippen LogP contribution in [0.4, 0.5) is 0 Å². The molecular weight excluding hydrogens is 396 g/mol. The van der Waals surface area contributed by atoms with Crippen molar-refractivity contribution in [2.45, 2.75) is 51.5 Å². The summed E-state index contributed by atoms with van der Waals surface area (Å²) in [5.41, 5.74) is 3.96. The number of methoxy groups -OCH3 is 2. The third-order valence-electron chi connectivity index (χ3n) is 5.97. The molecule has 0 unspecified atom stereocenters. The van der Waals surface area contributed by atoms with Crippen LogP contribution in [0.1, 0.15) is 46.0 Å². The summed E-state index contributed by atoms with van der Waals surface area (Å²) in [6, 6.07) is 4.20. The molecule has 0 amide bonds. The van der Waals surface area contributed by atoms with Crippen LogP contribution in [0.2, 0.25) is 0 Å². The number of fused-ring (bicyclic) bond motifs is 2. The van der Waals surface area contributed by atoms with Gasteiger partial charge in [0.1, 0.15) is 0 Å². The van der Waals surface area contributed by atoms with E-state index >= 15 is 0 Å². The summed E-state index contributed by atoms with van der Waals surface area (Å²) < 4.78 is 10.9. The highest BCUT2D eigenvalue weighted by Crippen LogP contribution is 2.33. The molecule has 1 aromatic carbocycles. The van der Waals surface area contributed by atoms with Crippen molar-refractivity contribution >= 4 is 17.3 Å². The van der Waals surface area contributed by atoms with Crippen LogP contribution >= 0.6 is 11.3 Å². The van der Waals surface area contributed by atoms with E-state index in [1.165, 1.54) is 52.4 Å². The van der Waals surface area contributed by atoms with Crippen LogP contribution in [0.5, 0.6) is 11.5 Å². The standard InChI is InChI=1S/C23H32N4O2S/c1-24-23(25-11-6-9-22-26-18-7-4-5-8-21(18)30-22)27-12-10-16-13-19(28-2)20(29-3)14-17(16)15-27/h13-14H,4-12,15H2,1-3H3,(H,24,25). The SMILES string of the molecule is CN=C(NCCCc1nc2c(s1)CCCC2)N1CCc2cc(OC)c(OC)cc2C1. The number of aliphatic imine (C=N–C) groups is 1. The van der Waals surface area contributed by atoms with Crippen molar-refractivity contribution in [3.63, 3.8) is 0 Å². The summed E-state index contributed by atoms with van der Waals surface area (Å²) in [6.45, 7) is 2.68. The van der Waals surface area contributed by atoms with Gasteiger partial charge in [0.25, 0.3) is 0 Å². The lowest BCUT2D eigenvalue weighted by molar-refractivity contribution is 0.346. The van der Waals surface area contributed by atoms with Gasteiger partial charge in [-0.05, 0) is 61.8 Å². The van der Waals surface area contributed by atoms with Crippen LogP contribution in [0.25, 0.3) is 0 Å². The highest BCUT2D eigenvalue weighted by molar-refractivity contribution is 7.11. The molecule has 30 heavy (non-hydrogen) atoms. The molecule has 0 saturated carbocycles. The molecule has 6 nitrogen and oxygen atoms in total. The molecular formula is C23H32N4O2S. The van der Waals surface area contributed by atoms with Gasteiger partial charge < -0.3 is 19.7 Å². The lowest BCUT2D eigenvalue weighted by Crippen LogP contribution is -2.44. The predicted octanol–water partition coefficient (Wildman–Crippen LogP) is 3.61. The Morgan fingerprint density at radius 1 is 1.13 bits per heavy atom. The van der Waals surface area contributed by atoms with Gasteiger partial charge in [-0.1, -0.05) is 0 Å². The third-order valence-corrected chi connectivity index (χ3v) is 7.19. The smallest absolute Gasteiger partial charge is 0.193 e. The van der Waals surface area contributed by atoms with Crippen molar-refractivity contribution < 1.29 is 9.47 Å². The zero-order chi connectivity index (χ0) is 20.9. The number of aryl methyl sites for hydroxylation is 3. The van der Waals surface area contributed by atoms with Gasteiger partial charge in [-0.3, -0.25) is 4.99 Å². The number of ether oxygens (including phenoxy) is 2. The zero-order valence-corrected chi connectivity index (χ0v) is 19.1. The molecule has 2 heterocycles. The number of nitrogens with one attached hydrogen (secondary N) is 1. The molecule has 0 fully saturated rings. The largest absolute Gasteiger partial charge is 0.493 e. The van der Waals surface area contributed by atoms with Crippen molar-refractivity contribution in [2.75, 3.05) is 34.4 Å². The maximum Gasteiger partial charge on any atom is 0.193 e. The van der Waals surface area contributed by atoms with Gasteiger partial charge in [0.05, 0.1) is 24.9 Å². The van der Waals surface area contributed by atoms with Gasteiger partial charge in [-0.25, -0.2) is 4.98 Å².